The van der Waals surface area contributed by atoms with E-state index in [1.54, 1.807) is 0 Å². The van der Waals surface area contributed by atoms with Crippen LogP contribution in [0.4, 0.5) is 0 Å². The highest BCUT2D eigenvalue weighted by Gasteiger charge is 2.21. The SMILES string of the molecule is CN[C@@H]1C=C(C)CN(C)[C@H]1C. The molecule has 1 rings (SSSR count). The monoisotopic (exact) mass is 154 g/mol. The van der Waals surface area contributed by atoms with Crippen LogP contribution >= 0.6 is 0 Å². The molecule has 2 heteroatoms. The van der Waals surface area contributed by atoms with Gasteiger partial charge in [-0.1, -0.05) is 11.6 Å². The molecule has 0 aliphatic carbocycles. The van der Waals surface area contributed by atoms with Gasteiger partial charge < -0.3 is 5.32 Å². The van der Waals surface area contributed by atoms with E-state index < -0.39 is 0 Å². The average Bonchev–Trinajstić information content (AvgIpc) is 1.96. The third-order valence-electron chi connectivity index (χ3n) is 2.51. The van der Waals surface area contributed by atoms with Crippen molar-refractivity contribution < 1.29 is 0 Å². The second-order valence-corrected chi connectivity index (χ2v) is 3.48. The van der Waals surface area contributed by atoms with Crippen molar-refractivity contribution in [1.29, 1.82) is 0 Å². The molecule has 2 nitrogen and oxygen atoms in total. The fourth-order valence-electron chi connectivity index (χ4n) is 1.63. The van der Waals surface area contributed by atoms with Gasteiger partial charge in [-0.05, 0) is 27.9 Å². The van der Waals surface area contributed by atoms with Crippen LogP contribution in [0.3, 0.4) is 0 Å². The van der Waals surface area contributed by atoms with Crippen molar-refractivity contribution in [1.82, 2.24) is 10.2 Å². The molecule has 1 heterocycles. The minimum atomic E-state index is 0.522. The number of nitrogens with one attached hydrogen (secondary N) is 1. The molecule has 1 aliphatic rings. The second kappa shape index (κ2) is 3.37. The number of likely N-dealkylation sites (N-methyl/N-ethyl adjacent to an activating group) is 2. The maximum atomic E-state index is 3.30. The van der Waals surface area contributed by atoms with Crippen LogP contribution in [0.1, 0.15) is 13.8 Å². The van der Waals surface area contributed by atoms with Crippen molar-refractivity contribution in [3.8, 4) is 0 Å². The zero-order valence-corrected chi connectivity index (χ0v) is 7.89. The molecule has 64 valence electrons. The Morgan fingerprint density at radius 2 is 2.27 bits per heavy atom. The van der Waals surface area contributed by atoms with Gasteiger partial charge in [0, 0.05) is 18.6 Å². The van der Waals surface area contributed by atoms with Crippen molar-refractivity contribution >= 4 is 0 Å². The summed E-state index contributed by atoms with van der Waals surface area (Å²) >= 11 is 0. The zero-order valence-electron chi connectivity index (χ0n) is 7.89. The highest BCUT2D eigenvalue weighted by Crippen LogP contribution is 2.13. The molecule has 0 saturated carbocycles. The fourth-order valence-corrected chi connectivity index (χ4v) is 1.63. The van der Waals surface area contributed by atoms with Gasteiger partial charge >= 0.3 is 0 Å². The summed E-state index contributed by atoms with van der Waals surface area (Å²) in [4.78, 5) is 2.37. The lowest BCUT2D eigenvalue weighted by atomic mass is 10.0. The van der Waals surface area contributed by atoms with E-state index in [0.29, 0.717) is 12.1 Å². The molecule has 2 atom stereocenters. The first kappa shape index (κ1) is 8.75. The first-order chi connectivity index (χ1) is 5.15. The molecule has 0 spiro atoms. The zero-order chi connectivity index (χ0) is 8.43. The lowest BCUT2D eigenvalue weighted by Gasteiger charge is -2.35. The van der Waals surface area contributed by atoms with E-state index in [-0.39, 0.29) is 0 Å². The first-order valence-corrected chi connectivity index (χ1v) is 4.20. The number of hydrogen-bond donors (Lipinski definition) is 1. The Hall–Kier alpha value is -0.340. The summed E-state index contributed by atoms with van der Waals surface area (Å²) in [6.07, 6.45) is 2.32. The summed E-state index contributed by atoms with van der Waals surface area (Å²) in [7, 11) is 4.19. The summed E-state index contributed by atoms with van der Waals surface area (Å²) in [5.41, 5.74) is 1.46. The third kappa shape index (κ3) is 1.82. The van der Waals surface area contributed by atoms with Crippen molar-refractivity contribution in [3.63, 3.8) is 0 Å². The van der Waals surface area contributed by atoms with E-state index in [1.165, 1.54) is 5.57 Å². The van der Waals surface area contributed by atoms with Gasteiger partial charge in [0.25, 0.3) is 0 Å². The molecular weight excluding hydrogens is 136 g/mol. The Balaban J connectivity index is 2.70. The molecular formula is C9H18N2. The largest absolute Gasteiger partial charge is 0.312 e. The van der Waals surface area contributed by atoms with E-state index in [9.17, 15) is 0 Å². The number of hydrogen-bond acceptors (Lipinski definition) is 2. The van der Waals surface area contributed by atoms with Crippen LogP contribution in [0.25, 0.3) is 0 Å². The summed E-state index contributed by atoms with van der Waals surface area (Å²) in [5.74, 6) is 0. The summed E-state index contributed by atoms with van der Waals surface area (Å²) in [5, 5.41) is 3.30. The van der Waals surface area contributed by atoms with E-state index in [2.05, 4.69) is 37.2 Å². The van der Waals surface area contributed by atoms with Crippen molar-refractivity contribution in [2.75, 3.05) is 20.6 Å². The van der Waals surface area contributed by atoms with Crippen LogP contribution in [0, 0.1) is 0 Å². The van der Waals surface area contributed by atoms with Gasteiger partial charge in [0.05, 0.1) is 0 Å². The molecule has 1 N–H and O–H groups in total. The average molecular weight is 154 g/mol. The second-order valence-electron chi connectivity index (χ2n) is 3.48. The summed E-state index contributed by atoms with van der Waals surface area (Å²) in [6, 6.07) is 1.14. The predicted octanol–water partition coefficient (Wildman–Crippen LogP) is 0.855. The van der Waals surface area contributed by atoms with E-state index in [4.69, 9.17) is 0 Å². The molecule has 0 amide bonds. The van der Waals surface area contributed by atoms with Gasteiger partial charge in [0.1, 0.15) is 0 Å². The molecule has 0 fully saturated rings. The minimum absolute atomic E-state index is 0.522. The maximum Gasteiger partial charge on any atom is 0.0405 e. The Bertz CT molecular complexity index is 163. The number of nitrogens with zero attached hydrogens (tertiary/aromatic N) is 1. The van der Waals surface area contributed by atoms with Gasteiger partial charge in [-0.2, -0.15) is 0 Å². The van der Waals surface area contributed by atoms with Crippen LogP contribution < -0.4 is 5.32 Å². The lowest BCUT2D eigenvalue weighted by Crippen LogP contribution is -2.48. The smallest absolute Gasteiger partial charge is 0.0405 e. The quantitative estimate of drug-likeness (QED) is 0.563. The normalized spacial score (nSPS) is 33.6. The molecule has 1 aliphatic heterocycles. The molecule has 0 aromatic rings. The molecule has 11 heavy (non-hydrogen) atoms. The molecule has 0 aromatic heterocycles. The van der Waals surface area contributed by atoms with Crippen LogP contribution in [0.2, 0.25) is 0 Å². The van der Waals surface area contributed by atoms with Gasteiger partial charge in [-0.3, -0.25) is 4.90 Å². The highest BCUT2D eigenvalue weighted by atomic mass is 15.2. The Labute approximate surface area is 69.3 Å². The maximum absolute atomic E-state index is 3.30. The standard InChI is InChI=1S/C9H18N2/c1-7-5-9(10-3)8(2)11(4)6-7/h5,8-10H,6H2,1-4H3/t8-,9+/m0/s1. The minimum Gasteiger partial charge on any atom is -0.312 e. The van der Waals surface area contributed by atoms with Crippen LogP contribution in [0.5, 0.6) is 0 Å². The van der Waals surface area contributed by atoms with Crippen LogP contribution in [-0.2, 0) is 0 Å². The number of rotatable bonds is 1. The Morgan fingerprint density at radius 3 is 2.82 bits per heavy atom. The molecule has 0 unspecified atom stereocenters. The predicted molar refractivity (Wildman–Crippen MR) is 48.7 cm³/mol. The Kier molecular flexibility index (Phi) is 2.68. The van der Waals surface area contributed by atoms with Crippen molar-refractivity contribution in [2.45, 2.75) is 25.9 Å². The molecule has 0 bridgehead atoms. The van der Waals surface area contributed by atoms with Gasteiger partial charge in [0.15, 0.2) is 0 Å². The first-order valence-electron chi connectivity index (χ1n) is 4.20. The fraction of sp³-hybridized carbons (Fsp3) is 0.778. The van der Waals surface area contributed by atoms with E-state index in [1.807, 2.05) is 7.05 Å². The highest BCUT2D eigenvalue weighted by molar-refractivity contribution is 5.13. The summed E-state index contributed by atoms with van der Waals surface area (Å²) in [6.45, 7) is 5.55. The molecule has 0 radical (unpaired) electrons. The third-order valence-corrected chi connectivity index (χ3v) is 2.51. The summed E-state index contributed by atoms with van der Waals surface area (Å²) < 4.78 is 0. The lowest BCUT2D eigenvalue weighted by molar-refractivity contribution is 0.232. The van der Waals surface area contributed by atoms with Gasteiger partial charge in [0.2, 0.25) is 0 Å². The Morgan fingerprint density at radius 1 is 1.64 bits per heavy atom. The molecule has 0 saturated heterocycles. The van der Waals surface area contributed by atoms with Crippen LogP contribution in [-0.4, -0.2) is 37.6 Å². The molecule has 0 aromatic carbocycles. The van der Waals surface area contributed by atoms with Crippen molar-refractivity contribution in [3.05, 3.63) is 11.6 Å². The van der Waals surface area contributed by atoms with Gasteiger partial charge in [-0.25, -0.2) is 0 Å². The van der Waals surface area contributed by atoms with Crippen LogP contribution in [0.15, 0.2) is 11.6 Å². The topological polar surface area (TPSA) is 15.3 Å². The van der Waals surface area contributed by atoms with E-state index in [0.717, 1.165) is 6.54 Å². The van der Waals surface area contributed by atoms with Gasteiger partial charge in [-0.15, -0.1) is 0 Å². The van der Waals surface area contributed by atoms with Crippen molar-refractivity contribution in [2.24, 2.45) is 0 Å². The van der Waals surface area contributed by atoms with E-state index >= 15 is 0 Å².